The maximum Gasteiger partial charge on any atom is 0.236 e. The van der Waals surface area contributed by atoms with Gasteiger partial charge in [-0.15, -0.1) is 0 Å². The molecule has 0 unspecified atom stereocenters. The summed E-state index contributed by atoms with van der Waals surface area (Å²) in [6.45, 7) is 5.49. The number of nitrogens with zero attached hydrogens (tertiary/aromatic N) is 5. The lowest BCUT2D eigenvalue weighted by molar-refractivity contribution is -0.138. The van der Waals surface area contributed by atoms with Crippen molar-refractivity contribution in [3.05, 3.63) is 72.1 Å². The Balaban J connectivity index is 1.31. The number of hydrogen-bond donors (Lipinski definition) is 0. The molecule has 2 saturated heterocycles. The molecule has 3 aliphatic rings. The number of rotatable bonds is 5. The summed E-state index contributed by atoms with van der Waals surface area (Å²) in [5.74, 6) is 1.29. The molecule has 39 heavy (non-hydrogen) atoms. The van der Waals surface area contributed by atoms with Gasteiger partial charge in [-0.2, -0.15) is 0 Å². The summed E-state index contributed by atoms with van der Waals surface area (Å²) in [4.78, 5) is 49.7. The second-order valence-corrected chi connectivity index (χ2v) is 10.6. The largest absolute Gasteiger partial charge is 0.489 e. The van der Waals surface area contributed by atoms with E-state index < -0.39 is 0 Å². The fourth-order valence-electron chi connectivity index (χ4n) is 5.75. The second kappa shape index (κ2) is 12.9. The van der Waals surface area contributed by atoms with Crippen molar-refractivity contribution in [1.29, 1.82) is 0 Å². The van der Waals surface area contributed by atoms with Crippen LogP contribution < -0.4 is 4.74 Å². The van der Waals surface area contributed by atoms with E-state index in [4.69, 9.17) is 4.74 Å². The number of pyridine rings is 1. The van der Waals surface area contributed by atoms with E-state index in [2.05, 4.69) is 22.0 Å². The number of para-hydroxylation sites is 1. The van der Waals surface area contributed by atoms with Gasteiger partial charge >= 0.3 is 0 Å². The van der Waals surface area contributed by atoms with Crippen molar-refractivity contribution >= 4 is 18.2 Å². The molecule has 4 heterocycles. The van der Waals surface area contributed by atoms with Gasteiger partial charge in [-0.3, -0.25) is 24.3 Å². The molecule has 9 heteroatoms. The monoisotopic (exact) mass is 531 g/mol. The maximum absolute atomic E-state index is 13.6. The van der Waals surface area contributed by atoms with Crippen LogP contribution in [0.15, 0.2) is 60.9 Å². The number of piperazine rings is 1. The first-order valence-electron chi connectivity index (χ1n) is 13.8. The molecular weight excluding hydrogens is 494 g/mol. The highest BCUT2D eigenvalue weighted by atomic mass is 16.5. The SMILES string of the molecule is O=CN1CCN(C(=O)C[C@@H]2CCN3C[C@@H]2C=CCOc2ccccc2CN(Cc2cccnc2)CC3=O)CC1. The van der Waals surface area contributed by atoms with E-state index in [1.54, 1.807) is 11.1 Å². The van der Waals surface area contributed by atoms with Crippen molar-refractivity contribution in [2.24, 2.45) is 11.8 Å². The standard InChI is InChI=1S/C30H37N5O4/c36-23-32-12-14-34(15-13-32)29(37)17-25-9-11-35-21-26(25)7-4-16-39-28-8-2-1-6-27(28)20-33(22-30(35)38)19-24-5-3-10-31-18-24/h1-8,10,18,23,25-26H,9,11-17,19-22H2/t25-,26-/m0/s1. The van der Waals surface area contributed by atoms with Gasteiger partial charge in [-0.25, -0.2) is 0 Å². The van der Waals surface area contributed by atoms with E-state index in [9.17, 15) is 14.4 Å². The summed E-state index contributed by atoms with van der Waals surface area (Å²) < 4.78 is 6.16. The fraction of sp³-hybridized carbons (Fsp3) is 0.467. The minimum Gasteiger partial charge on any atom is -0.489 e. The Kier molecular flexibility index (Phi) is 8.88. The van der Waals surface area contributed by atoms with Crippen molar-refractivity contribution in [2.75, 3.05) is 52.4 Å². The first-order valence-corrected chi connectivity index (χ1v) is 13.8. The van der Waals surface area contributed by atoms with Gasteiger partial charge in [0.25, 0.3) is 0 Å². The molecule has 2 bridgehead atoms. The van der Waals surface area contributed by atoms with Crippen molar-refractivity contribution in [3.63, 3.8) is 0 Å². The van der Waals surface area contributed by atoms with Crippen molar-refractivity contribution in [3.8, 4) is 5.75 Å². The molecule has 5 rings (SSSR count). The van der Waals surface area contributed by atoms with Gasteiger partial charge in [-0.1, -0.05) is 36.4 Å². The number of fused-ring (bicyclic) bond motifs is 3. The highest BCUT2D eigenvalue weighted by Crippen LogP contribution is 2.30. The number of ether oxygens (including phenoxy) is 1. The summed E-state index contributed by atoms with van der Waals surface area (Å²) in [5.41, 5.74) is 2.09. The maximum atomic E-state index is 13.6. The Morgan fingerprint density at radius 3 is 2.69 bits per heavy atom. The predicted octanol–water partition coefficient (Wildman–Crippen LogP) is 2.19. The fourth-order valence-corrected chi connectivity index (χ4v) is 5.75. The highest BCUT2D eigenvalue weighted by Gasteiger charge is 2.33. The van der Waals surface area contributed by atoms with Crippen LogP contribution in [0.4, 0.5) is 0 Å². The molecule has 3 aliphatic heterocycles. The van der Waals surface area contributed by atoms with Gasteiger partial charge in [0.1, 0.15) is 12.4 Å². The summed E-state index contributed by atoms with van der Waals surface area (Å²) in [5, 5.41) is 0. The van der Waals surface area contributed by atoms with E-state index in [1.807, 2.05) is 52.4 Å². The van der Waals surface area contributed by atoms with Gasteiger partial charge in [0.2, 0.25) is 18.2 Å². The molecule has 2 atom stereocenters. The van der Waals surface area contributed by atoms with Crippen LogP contribution >= 0.6 is 0 Å². The molecule has 0 aliphatic carbocycles. The molecule has 0 spiro atoms. The predicted molar refractivity (Wildman–Crippen MR) is 146 cm³/mol. The highest BCUT2D eigenvalue weighted by molar-refractivity contribution is 5.79. The zero-order chi connectivity index (χ0) is 27.0. The number of piperidine rings is 1. The lowest BCUT2D eigenvalue weighted by Crippen LogP contribution is -2.50. The van der Waals surface area contributed by atoms with E-state index in [-0.39, 0.29) is 23.7 Å². The smallest absolute Gasteiger partial charge is 0.236 e. The summed E-state index contributed by atoms with van der Waals surface area (Å²) >= 11 is 0. The normalized spacial score (nSPS) is 22.7. The molecule has 9 nitrogen and oxygen atoms in total. The zero-order valence-corrected chi connectivity index (χ0v) is 22.4. The Morgan fingerprint density at radius 2 is 1.90 bits per heavy atom. The van der Waals surface area contributed by atoms with Crippen LogP contribution in [0.1, 0.15) is 24.0 Å². The van der Waals surface area contributed by atoms with Crippen LogP contribution in [0.25, 0.3) is 0 Å². The summed E-state index contributed by atoms with van der Waals surface area (Å²) in [7, 11) is 0. The van der Waals surface area contributed by atoms with E-state index in [0.717, 1.165) is 29.7 Å². The van der Waals surface area contributed by atoms with Crippen LogP contribution in [0.5, 0.6) is 5.75 Å². The molecule has 2 fully saturated rings. The van der Waals surface area contributed by atoms with Gasteiger partial charge in [0, 0.05) is 76.7 Å². The molecule has 0 saturated carbocycles. The molecular formula is C30H37N5O4. The number of carbonyl (C=O) groups is 3. The average molecular weight is 532 g/mol. The van der Waals surface area contributed by atoms with E-state index in [1.165, 1.54) is 0 Å². The zero-order valence-electron chi connectivity index (χ0n) is 22.4. The Morgan fingerprint density at radius 1 is 1.05 bits per heavy atom. The number of amides is 3. The summed E-state index contributed by atoms with van der Waals surface area (Å²) in [6, 6.07) is 11.9. The third-order valence-electron chi connectivity index (χ3n) is 7.98. The lowest BCUT2D eigenvalue weighted by atomic mass is 9.82. The summed E-state index contributed by atoms with van der Waals surface area (Å²) in [6.07, 6.45) is 9.85. The number of benzene rings is 1. The van der Waals surface area contributed by atoms with Crippen LogP contribution in [0.3, 0.4) is 0 Å². The molecule has 0 radical (unpaired) electrons. The number of hydrogen-bond acceptors (Lipinski definition) is 6. The molecule has 2 aromatic rings. The quantitative estimate of drug-likeness (QED) is 0.434. The van der Waals surface area contributed by atoms with Crippen molar-refractivity contribution < 1.29 is 19.1 Å². The number of carbonyl (C=O) groups excluding carboxylic acids is 3. The first kappa shape index (κ1) is 26.9. The van der Waals surface area contributed by atoms with Gasteiger partial charge < -0.3 is 19.4 Å². The topological polar surface area (TPSA) is 86.3 Å². The third kappa shape index (κ3) is 7.03. The molecule has 1 aromatic heterocycles. The van der Waals surface area contributed by atoms with Crippen LogP contribution in [-0.2, 0) is 27.5 Å². The third-order valence-corrected chi connectivity index (χ3v) is 7.98. The number of aromatic nitrogens is 1. The van der Waals surface area contributed by atoms with Gasteiger partial charge in [-0.05, 0) is 36.0 Å². The lowest BCUT2D eigenvalue weighted by Gasteiger charge is -2.39. The van der Waals surface area contributed by atoms with Crippen LogP contribution in [0, 0.1) is 11.8 Å². The van der Waals surface area contributed by atoms with Crippen LogP contribution in [0.2, 0.25) is 0 Å². The molecule has 3 amide bonds. The van der Waals surface area contributed by atoms with E-state index >= 15 is 0 Å². The van der Waals surface area contributed by atoms with Crippen molar-refractivity contribution in [1.82, 2.24) is 24.6 Å². The first-order chi connectivity index (χ1) is 19.1. The molecule has 1 aromatic carbocycles. The Bertz CT molecular complexity index is 1160. The van der Waals surface area contributed by atoms with Gasteiger partial charge in [0.15, 0.2) is 0 Å². The Labute approximate surface area is 230 Å². The Hall–Kier alpha value is -3.72. The minimum atomic E-state index is 0.0780. The second-order valence-electron chi connectivity index (χ2n) is 10.6. The van der Waals surface area contributed by atoms with Crippen LogP contribution in [-0.4, -0.2) is 95.2 Å². The average Bonchev–Trinajstić information content (AvgIpc) is 2.97. The van der Waals surface area contributed by atoms with Gasteiger partial charge in [0.05, 0.1) is 6.54 Å². The van der Waals surface area contributed by atoms with Crippen molar-refractivity contribution in [2.45, 2.75) is 25.9 Å². The van der Waals surface area contributed by atoms with E-state index in [0.29, 0.717) is 71.9 Å². The minimum absolute atomic E-state index is 0.0780. The molecule has 0 N–H and O–H groups in total. The molecule has 206 valence electrons.